The molecule has 96 valence electrons. The highest BCUT2D eigenvalue weighted by molar-refractivity contribution is 7.89. The standard InChI is InChI=1S/C12H14N2O3S/c13-18(15,16)12-3-1-10(2-4-12)7-14-8-11-5-6-17-9-11/h1-6,9,14H,7-8H2,(H2,13,15,16). The molecule has 0 unspecified atom stereocenters. The van der Waals surface area contributed by atoms with Crippen LogP contribution in [0.2, 0.25) is 0 Å². The van der Waals surface area contributed by atoms with Crippen molar-refractivity contribution in [2.45, 2.75) is 18.0 Å². The van der Waals surface area contributed by atoms with Crippen LogP contribution >= 0.6 is 0 Å². The molecule has 2 aromatic rings. The second kappa shape index (κ2) is 5.34. The van der Waals surface area contributed by atoms with Crippen molar-refractivity contribution < 1.29 is 12.8 Å². The molecule has 0 aliphatic rings. The molecule has 0 aliphatic heterocycles. The summed E-state index contributed by atoms with van der Waals surface area (Å²) >= 11 is 0. The SMILES string of the molecule is NS(=O)(=O)c1ccc(CNCc2ccoc2)cc1. The lowest BCUT2D eigenvalue weighted by atomic mass is 10.2. The molecule has 0 bridgehead atoms. The third-order valence-electron chi connectivity index (χ3n) is 2.49. The molecular weight excluding hydrogens is 252 g/mol. The van der Waals surface area contributed by atoms with Crippen LogP contribution in [0.15, 0.2) is 52.2 Å². The lowest BCUT2D eigenvalue weighted by Crippen LogP contribution is -2.14. The molecule has 1 heterocycles. The van der Waals surface area contributed by atoms with Gasteiger partial charge in [0.05, 0.1) is 17.4 Å². The van der Waals surface area contributed by atoms with Crippen LogP contribution < -0.4 is 10.5 Å². The Kier molecular flexibility index (Phi) is 3.81. The maximum absolute atomic E-state index is 11.1. The van der Waals surface area contributed by atoms with E-state index in [1.54, 1.807) is 24.7 Å². The number of hydrogen-bond donors (Lipinski definition) is 2. The first-order valence-electron chi connectivity index (χ1n) is 5.39. The Morgan fingerprint density at radius 1 is 1.06 bits per heavy atom. The van der Waals surface area contributed by atoms with Gasteiger partial charge in [0.25, 0.3) is 0 Å². The number of primary sulfonamides is 1. The Morgan fingerprint density at radius 3 is 2.28 bits per heavy atom. The minimum atomic E-state index is -3.61. The molecule has 0 amide bonds. The van der Waals surface area contributed by atoms with E-state index in [0.29, 0.717) is 13.1 Å². The smallest absolute Gasteiger partial charge is 0.238 e. The van der Waals surface area contributed by atoms with Crippen LogP contribution in [0.5, 0.6) is 0 Å². The van der Waals surface area contributed by atoms with Crippen molar-refractivity contribution in [2.24, 2.45) is 5.14 Å². The van der Waals surface area contributed by atoms with Gasteiger partial charge in [0.2, 0.25) is 10.0 Å². The number of hydrogen-bond acceptors (Lipinski definition) is 4. The fraction of sp³-hybridized carbons (Fsp3) is 0.167. The van der Waals surface area contributed by atoms with Gasteiger partial charge in [0.1, 0.15) is 0 Å². The predicted molar refractivity (Wildman–Crippen MR) is 67.1 cm³/mol. The van der Waals surface area contributed by atoms with Crippen LogP contribution in [0.1, 0.15) is 11.1 Å². The van der Waals surface area contributed by atoms with E-state index >= 15 is 0 Å². The van der Waals surface area contributed by atoms with Gasteiger partial charge in [-0.1, -0.05) is 12.1 Å². The van der Waals surface area contributed by atoms with E-state index in [0.717, 1.165) is 11.1 Å². The second-order valence-electron chi connectivity index (χ2n) is 3.92. The molecule has 0 saturated heterocycles. The number of furan rings is 1. The Labute approximate surface area is 106 Å². The van der Waals surface area contributed by atoms with Crippen molar-refractivity contribution in [1.82, 2.24) is 5.32 Å². The van der Waals surface area contributed by atoms with Crippen LogP contribution in [0.3, 0.4) is 0 Å². The minimum absolute atomic E-state index is 0.126. The van der Waals surface area contributed by atoms with Gasteiger partial charge in [0, 0.05) is 18.7 Å². The molecular formula is C12H14N2O3S. The fourth-order valence-electron chi connectivity index (χ4n) is 1.54. The van der Waals surface area contributed by atoms with Gasteiger partial charge in [-0.15, -0.1) is 0 Å². The molecule has 5 nitrogen and oxygen atoms in total. The predicted octanol–water partition coefficient (Wildman–Crippen LogP) is 1.22. The topological polar surface area (TPSA) is 85.3 Å². The van der Waals surface area contributed by atoms with Gasteiger partial charge >= 0.3 is 0 Å². The van der Waals surface area contributed by atoms with E-state index in [2.05, 4.69) is 5.32 Å². The average Bonchev–Trinajstić information content (AvgIpc) is 2.82. The second-order valence-corrected chi connectivity index (χ2v) is 5.49. The normalized spacial score (nSPS) is 11.6. The van der Waals surface area contributed by atoms with Crippen molar-refractivity contribution in [3.63, 3.8) is 0 Å². The molecule has 6 heteroatoms. The van der Waals surface area contributed by atoms with Crippen LogP contribution in [0.25, 0.3) is 0 Å². The lowest BCUT2D eigenvalue weighted by Gasteiger charge is -2.04. The van der Waals surface area contributed by atoms with Gasteiger partial charge in [0.15, 0.2) is 0 Å². The molecule has 3 N–H and O–H groups in total. The van der Waals surface area contributed by atoms with E-state index < -0.39 is 10.0 Å². The van der Waals surface area contributed by atoms with Crippen LogP contribution in [0, 0.1) is 0 Å². The molecule has 18 heavy (non-hydrogen) atoms. The van der Waals surface area contributed by atoms with E-state index in [1.165, 1.54) is 12.1 Å². The Bertz CT molecular complexity index is 589. The maximum atomic E-state index is 11.1. The molecule has 2 rings (SSSR count). The van der Waals surface area contributed by atoms with Crippen molar-refractivity contribution >= 4 is 10.0 Å². The van der Waals surface area contributed by atoms with Gasteiger partial charge in [-0.05, 0) is 23.8 Å². The third kappa shape index (κ3) is 3.43. The van der Waals surface area contributed by atoms with Gasteiger partial charge in [-0.2, -0.15) is 0 Å². The first-order chi connectivity index (χ1) is 8.55. The third-order valence-corrected chi connectivity index (χ3v) is 3.42. The van der Waals surface area contributed by atoms with Crippen molar-refractivity contribution in [3.05, 3.63) is 54.0 Å². The molecule has 0 spiro atoms. The van der Waals surface area contributed by atoms with Crippen LogP contribution in [-0.4, -0.2) is 8.42 Å². The molecule has 0 radical (unpaired) electrons. The van der Waals surface area contributed by atoms with Crippen molar-refractivity contribution in [3.8, 4) is 0 Å². The summed E-state index contributed by atoms with van der Waals surface area (Å²) in [4.78, 5) is 0.126. The monoisotopic (exact) mass is 266 g/mol. The molecule has 1 aromatic heterocycles. The number of rotatable bonds is 5. The first-order valence-corrected chi connectivity index (χ1v) is 6.94. The summed E-state index contributed by atoms with van der Waals surface area (Å²) in [5.74, 6) is 0. The molecule has 0 saturated carbocycles. The van der Waals surface area contributed by atoms with Gasteiger partial charge in [-0.25, -0.2) is 13.6 Å². The zero-order chi connectivity index (χ0) is 13.0. The number of nitrogens with two attached hydrogens (primary N) is 1. The maximum Gasteiger partial charge on any atom is 0.238 e. The van der Waals surface area contributed by atoms with Crippen LogP contribution in [-0.2, 0) is 23.1 Å². The molecule has 0 aliphatic carbocycles. The Morgan fingerprint density at radius 2 is 1.72 bits per heavy atom. The Balaban J connectivity index is 1.91. The molecule has 0 fully saturated rings. The zero-order valence-electron chi connectivity index (χ0n) is 9.67. The first kappa shape index (κ1) is 12.8. The zero-order valence-corrected chi connectivity index (χ0v) is 10.5. The highest BCUT2D eigenvalue weighted by Crippen LogP contribution is 2.08. The van der Waals surface area contributed by atoms with E-state index in [9.17, 15) is 8.42 Å². The summed E-state index contributed by atoms with van der Waals surface area (Å²) in [5.41, 5.74) is 2.06. The summed E-state index contributed by atoms with van der Waals surface area (Å²) in [6.07, 6.45) is 3.30. The highest BCUT2D eigenvalue weighted by atomic mass is 32.2. The number of nitrogens with one attached hydrogen (secondary N) is 1. The summed E-state index contributed by atoms with van der Waals surface area (Å²) < 4.78 is 27.1. The van der Waals surface area contributed by atoms with Crippen LogP contribution in [0.4, 0.5) is 0 Å². The quantitative estimate of drug-likeness (QED) is 0.852. The summed E-state index contributed by atoms with van der Waals surface area (Å²) in [5, 5.41) is 8.24. The van der Waals surface area contributed by atoms with Crippen molar-refractivity contribution in [1.29, 1.82) is 0 Å². The highest BCUT2D eigenvalue weighted by Gasteiger charge is 2.06. The largest absolute Gasteiger partial charge is 0.472 e. The summed E-state index contributed by atoms with van der Waals surface area (Å²) in [6, 6.07) is 8.37. The van der Waals surface area contributed by atoms with Crippen molar-refractivity contribution in [2.75, 3.05) is 0 Å². The summed E-state index contributed by atoms with van der Waals surface area (Å²) in [6.45, 7) is 1.35. The fourth-order valence-corrected chi connectivity index (χ4v) is 2.06. The minimum Gasteiger partial charge on any atom is -0.472 e. The lowest BCUT2D eigenvalue weighted by molar-refractivity contribution is 0.560. The van der Waals surface area contributed by atoms with E-state index in [1.807, 2.05) is 6.07 Å². The molecule has 0 atom stereocenters. The van der Waals surface area contributed by atoms with E-state index in [4.69, 9.17) is 9.56 Å². The van der Waals surface area contributed by atoms with Gasteiger partial charge in [-0.3, -0.25) is 0 Å². The van der Waals surface area contributed by atoms with E-state index in [-0.39, 0.29) is 4.90 Å². The summed E-state index contributed by atoms with van der Waals surface area (Å²) in [7, 11) is -3.61. The molecule has 1 aromatic carbocycles. The number of benzene rings is 1. The number of sulfonamides is 1. The average molecular weight is 266 g/mol. The Hall–Kier alpha value is -1.63. The van der Waals surface area contributed by atoms with Gasteiger partial charge < -0.3 is 9.73 Å².